The number of para-hydroxylation sites is 1. The van der Waals surface area contributed by atoms with Crippen molar-refractivity contribution in [3.8, 4) is 0 Å². The van der Waals surface area contributed by atoms with Gasteiger partial charge in [-0.3, -0.25) is 0 Å². The molecule has 0 atom stereocenters. The van der Waals surface area contributed by atoms with Crippen molar-refractivity contribution in [1.82, 2.24) is 9.88 Å². The van der Waals surface area contributed by atoms with Crippen LogP contribution in [0.4, 0.5) is 5.69 Å². The van der Waals surface area contributed by atoms with Crippen molar-refractivity contribution in [2.75, 3.05) is 37.6 Å². The van der Waals surface area contributed by atoms with Crippen LogP contribution >= 0.6 is 11.6 Å². The lowest BCUT2D eigenvalue weighted by atomic mass is 9.89. The van der Waals surface area contributed by atoms with E-state index in [0.29, 0.717) is 5.92 Å². The Balaban J connectivity index is 1.18. The van der Waals surface area contributed by atoms with E-state index in [1.165, 1.54) is 67.6 Å². The Labute approximate surface area is 165 Å². The summed E-state index contributed by atoms with van der Waals surface area (Å²) in [5.74, 6) is 0.656. The van der Waals surface area contributed by atoms with Crippen molar-refractivity contribution in [2.24, 2.45) is 0 Å². The van der Waals surface area contributed by atoms with E-state index in [9.17, 15) is 0 Å². The number of piperidine rings is 1. The number of nitrogens with zero attached hydrogens (tertiary/aromatic N) is 2. The molecule has 5 rings (SSSR count). The molecular weight excluding hydrogens is 354 g/mol. The number of benzene rings is 2. The van der Waals surface area contributed by atoms with Crippen LogP contribution in [0.15, 0.2) is 48.7 Å². The Morgan fingerprint density at radius 3 is 2.74 bits per heavy atom. The van der Waals surface area contributed by atoms with Gasteiger partial charge < -0.3 is 14.8 Å². The molecule has 3 heterocycles. The molecule has 0 saturated carbocycles. The lowest BCUT2D eigenvalue weighted by Gasteiger charge is -2.33. The third kappa shape index (κ3) is 3.35. The van der Waals surface area contributed by atoms with Crippen LogP contribution in [0.3, 0.4) is 0 Å². The molecule has 1 N–H and O–H groups in total. The third-order valence-corrected chi connectivity index (χ3v) is 6.61. The predicted octanol–water partition coefficient (Wildman–Crippen LogP) is 5.06. The fraction of sp³-hybridized carbons (Fsp3) is 0.391. The maximum atomic E-state index is 6.12. The van der Waals surface area contributed by atoms with Gasteiger partial charge in [0.2, 0.25) is 0 Å². The monoisotopic (exact) mass is 379 g/mol. The number of hydrogen-bond acceptors (Lipinski definition) is 2. The van der Waals surface area contributed by atoms with Gasteiger partial charge in [-0.2, -0.15) is 0 Å². The number of nitrogens with one attached hydrogen (secondary N) is 1. The van der Waals surface area contributed by atoms with Crippen LogP contribution in [0.5, 0.6) is 0 Å². The van der Waals surface area contributed by atoms with Crippen LogP contribution in [0.25, 0.3) is 10.9 Å². The molecule has 3 aromatic rings. The minimum Gasteiger partial charge on any atom is -0.370 e. The lowest BCUT2D eigenvalue weighted by molar-refractivity contribution is 0.217. The van der Waals surface area contributed by atoms with Crippen LogP contribution < -0.4 is 4.90 Å². The highest BCUT2D eigenvalue weighted by Crippen LogP contribution is 2.34. The van der Waals surface area contributed by atoms with Crippen molar-refractivity contribution >= 4 is 28.2 Å². The van der Waals surface area contributed by atoms with Gasteiger partial charge in [-0.05, 0) is 67.6 Å². The summed E-state index contributed by atoms with van der Waals surface area (Å²) in [5, 5.41) is 2.14. The first-order valence-electron chi connectivity index (χ1n) is 10.1. The maximum Gasteiger partial charge on any atom is 0.0471 e. The van der Waals surface area contributed by atoms with Gasteiger partial charge >= 0.3 is 0 Å². The summed E-state index contributed by atoms with van der Waals surface area (Å²) in [4.78, 5) is 8.61. The highest BCUT2D eigenvalue weighted by Gasteiger charge is 2.24. The molecule has 1 saturated heterocycles. The van der Waals surface area contributed by atoms with Crippen LogP contribution in [0.1, 0.15) is 29.9 Å². The molecule has 2 aliphatic heterocycles. The summed E-state index contributed by atoms with van der Waals surface area (Å²) in [6.45, 7) is 5.88. The van der Waals surface area contributed by atoms with Crippen molar-refractivity contribution in [1.29, 1.82) is 0 Å². The number of H-pyrrole nitrogens is 1. The smallest absolute Gasteiger partial charge is 0.0471 e. The average Bonchev–Trinajstić information content (AvgIpc) is 3.30. The van der Waals surface area contributed by atoms with Gasteiger partial charge in [0.25, 0.3) is 0 Å². The van der Waals surface area contributed by atoms with E-state index in [4.69, 9.17) is 11.6 Å². The molecule has 0 unspecified atom stereocenters. The average molecular weight is 380 g/mol. The maximum absolute atomic E-state index is 6.12. The van der Waals surface area contributed by atoms with Gasteiger partial charge in [0.15, 0.2) is 0 Å². The lowest BCUT2D eigenvalue weighted by Crippen LogP contribution is -2.39. The van der Waals surface area contributed by atoms with Crippen molar-refractivity contribution in [2.45, 2.75) is 25.2 Å². The summed E-state index contributed by atoms with van der Waals surface area (Å²) in [5.41, 5.74) is 5.59. The van der Waals surface area contributed by atoms with Crippen LogP contribution in [0.2, 0.25) is 5.02 Å². The van der Waals surface area contributed by atoms with Crippen molar-refractivity contribution < 1.29 is 0 Å². The molecule has 140 valence electrons. The minimum absolute atomic E-state index is 0.656. The number of anilines is 1. The van der Waals surface area contributed by atoms with Gasteiger partial charge in [0.1, 0.15) is 0 Å². The van der Waals surface area contributed by atoms with Gasteiger partial charge in [0.05, 0.1) is 0 Å². The molecule has 0 radical (unpaired) electrons. The highest BCUT2D eigenvalue weighted by molar-refractivity contribution is 6.31. The number of fused-ring (bicyclic) bond motifs is 2. The van der Waals surface area contributed by atoms with E-state index in [0.717, 1.165) is 17.1 Å². The molecule has 27 heavy (non-hydrogen) atoms. The van der Waals surface area contributed by atoms with E-state index < -0.39 is 0 Å². The molecule has 0 aliphatic carbocycles. The van der Waals surface area contributed by atoms with E-state index in [2.05, 4.69) is 51.3 Å². The Kier molecular flexibility index (Phi) is 4.58. The summed E-state index contributed by atoms with van der Waals surface area (Å²) < 4.78 is 0. The molecule has 2 aromatic carbocycles. The number of aromatic amines is 1. The topological polar surface area (TPSA) is 22.3 Å². The fourth-order valence-corrected chi connectivity index (χ4v) is 5.00. The fourth-order valence-electron chi connectivity index (χ4n) is 4.83. The highest BCUT2D eigenvalue weighted by atomic mass is 35.5. The first kappa shape index (κ1) is 17.2. The van der Waals surface area contributed by atoms with Crippen LogP contribution in [-0.4, -0.2) is 42.6 Å². The van der Waals surface area contributed by atoms with E-state index in [1.807, 2.05) is 12.1 Å². The normalized spacial score (nSPS) is 18.3. The molecule has 1 fully saturated rings. The van der Waals surface area contributed by atoms with E-state index in [-0.39, 0.29) is 0 Å². The molecule has 0 amide bonds. The second-order valence-electron chi connectivity index (χ2n) is 7.92. The largest absolute Gasteiger partial charge is 0.370 e. The molecule has 2 aliphatic rings. The standard InChI is InChI=1S/C23H26ClN3/c24-19-5-6-20-21(16-25-22(20)15-19)17-7-10-26(11-8-17)13-14-27-12-9-18-3-1-2-4-23(18)27/h1-6,15-17,25H,7-14H2. The molecular formula is C23H26ClN3. The number of aromatic nitrogens is 1. The first-order chi connectivity index (χ1) is 13.3. The van der Waals surface area contributed by atoms with Crippen molar-refractivity contribution in [3.05, 3.63) is 64.8 Å². The summed E-state index contributed by atoms with van der Waals surface area (Å²) in [6.07, 6.45) is 5.88. The summed E-state index contributed by atoms with van der Waals surface area (Å²) >= 11 is 6.12. The quantitative estimate of drug-likeness (QED) is 0.684. The van der Waals surface area contributed by atoms with E-state index in [1.54, 1.807) is 0 Å². The zero-order valence-corrected chi connectivity index (χ0v) is 16.4. The predicted molar refractivity (Wildman–Crippen MR) is 114 cm³/mol. The van der Waals surface area contributed by atoms with Crippen molar-refractivity contribution in [3.63, 3.8) is 0 Å². The Hall–Kier alpha value is -1.97. The molecule has 0 spiro atoms. The zero-order chi connectivity index (χ0) is 18.2. The van der Waals surface area contributed by atoms with Gasteiger partial charge in [-0.15, -0.1) is 0 Å². The SMILES string of the molecule is Clc1ccc2c(C3CCN(CCN4CCc5ccccc54)CC3)c[nH]c2c1. The first-order valence-corrected chi connectivity index (χ1v) is 10.5. The molecule has 1 aromatic heterocycles. The van der Waals surface area contributed by atoms with Gasteiger partial charge in [0, 0.05) is 47.4 Å². The van der Waals surface area contributed by atoms with Gasteiger partial charge in [-0.1, -0.05) is 35.9 Å². The number of halogens is 1. The Bertz CT molecular complexity index is 940. The second kappa shape index (κ2) is 7.21. The number of likely N-dealkylation sites (tertiary alicyclic amines) is 1. The van der Waals surface area contributed by atoms with E-state index >= 15 is 0 Å². The Morgan fingerprint density at radius 2 is 1.85 bits per heavy atom. The zero-order valence-electron chi connectivity index (χ0n) is 15.6. The van der Waals surface area contributed by atoms with Gasteiger partial charge in [-0.25, -0.2) is 0 Å². The van der Waals surface area contributed by atoms with Crippen LogP contribution in [-0.2, 0) is 6.42 Å². The number of hydrogen-bond donors (Lipinski definition) is 1. The van der Waals surface area contributed by atoms with Crippen LogP contribution in [0, 0.1) is 0 Å². The minimum atomic E-state index is 0.656. The molecule has 0 bridgehead atoms. The molecule has 3 nitrogen and oxygen atoms in total. The summed E-state index contributed by atoms with van der Waals surface area (Å²) in [7, 11) is 0. The Morgan fingerprint density at radius 1 is 1.00 bits per heavy atom. The molecule has 4 heteroatoms. The summed E-state index contributed by atoms with van der Waals surface area (Å²) in [6, 6.07) is 15.1. The second-order valence-corrected chi connectivity index (χ2v) is 8.35. The number of rotatable bonds is 4. The third-order valence-electron chi connectivity index (χ3n) is 6.37.